The third kappa shape index (κ3) is 6.12. The van der Waals surface area contributed by atoms with Gasteiger partial charge in [-0.15, -0.1) is 12.8 Å². The molecule has 0 aliphatic carbocycles. The van der Waals surface area contributed by atoms with Crippen LogP contribution in [0.1, 0.15) is 34.0 Å². The van der Waals surface area contributed by atoms with Gasteiger partial charge in [-0.05, 0) is 101 Å². The van der Waals surface area contributed by atoms with Crippen molar-refractivity contribution in [1.29, 1.82) is 0 Å². The van der Waals surface area contributed by atoms with Crippen molar-refractivity contribution in [3.05, 3.63) is 94.4 Å². The lowest BCUT2D eigenvalue weighted by Gasteiger charge is -2.40. The number of hydrogen-bond acceptors (Lipinski definition) is 3. The number of hydrogen-bond donors (Lipinski definition) is 1. The molecule has 1 aromatic heterocycles. The molecule has 1 unspecified atom stereocenters. The lowest BCUT2D eigenvalue weighted by molar-refractivity contribution is 0.158. The van der Waals surface area contributed by atoms with Crippen molar-refractivity contribution < 1.29 is 13.9 Å². The summed E-state index contributed by atoms with van der Waals surface area (Å²) in [4.78, 5) is 6.17. The topological polar surface area (TPSA) is 37.5 Å². The van der Waals surface area contributed by atoms with E-state index in [4.69, 9.17) is 22.3 Å². The highest BCUT2D eigenvalue weighted by molar-refractivity contribution is 5.85. The van der Waals surface area contributed by atoms with Crippen molar-refractivity contribution in [2.45, 2.75) is 32.0 Å². The molecule has 2 aliphatic heterocycles. The molecule has 0 saturated heterocycles. The second kappa shape index (κ2) is 13.2. The van der Waals surface area contributed by atoms with Crippen LogP contribution in [0.2, 0.25) is 0 Å². The number of terminal acetylenes is 2. The Labute approximate surface area is 246 Å². The maximum absolute atomic E-state index is 14.1. The number of methoxy groups -OCH3 is 1. The van der Waals surface area contributed by atoms with Gasteiger partial charge in [0.25, 0.3) is 0 Å². The van der Waals surface area contributed by atoms with Crippen LogP contribution in [-0.4, -0.2) is 23.5 Å². The van der Waals surface area contributed by atoms with Gasteiger partial charge in [0.05, 0.1) is 7.11 Å². The molecule has 1 atom stereocenters. The van der Waals surface area contributed by atoms with E-state index in [1.165, 1.54) is 39.4 Å². The molecule has 0 amide bonds. The maximum atomic E-state index is 14.1. The highest BCUT2D eigenvalue weighted by Gasteiger charge is 2.34. The molecule has 2 aliphatic rings. The van der Waals surface area contributed by atoms with Gasteiger partial charge < -0.3 is 14.5 Å². The first-order valence-electron chi connectivity index (χ1n) is 13.4. The van der Waals surface area contributed by atoms with Crippen molar-refractivity contribution in [3.8, 4) is 71.7 Å². The first kappa shape index (κ1) is 28.0. The normalized spacial score (nSPS) is 14.1. The highest BCUT2D eigenvalue weighted by atomic mass is 19.1. The summed E-state index contributed by atoms with van der Waals surface area (Å²) in [6, 6.07) is 19.8. The maximum Gasteiger partial charge on any atom is 0.162 e. The standard InChI is InChI=1S/C27H25FN2O2.C10H2/c1-31-26-12-17-10-11-30-15-24-21(19-7-3-5-9-23(19)29-24)13-25(30)20(17)14-27(26)32-16-18-6-2-4-8-22(18)28;1-3-5-7-9-10-8-6-4-2/h2-9,12,14,25,29H,10-11,13,15-16H2,1H3;1-2H. The van der Waals surface area contributed by atoms with Crippen LogP contribution in [0.5, 0.6) is 11.5 Å². The molecular formula is C37H27FN2O2. The average Bonchev–Trinajstić information content (AvgIpc) is 3.38. The highest BCUT2D eigenvalue weighted by Crippen LogP contribution is 2.44. The number of fused-ring (bicyclic) bond motifs is 6. The van der Waals surface area contributed by atoms with Crippen molar-refractivity contribution in [1.82, 2.24) is 9.88 Å². The second-order valence-electron chi connectivity index (χ2n) is 9.69. The number of rotatable bonds is 4. The van der Waals surface area contributed by atoms with E-state index in [1.54, 1.807) is 19.2 Å². The monoisotopic (exact) mass is 550 g/mol. The number of aromatic nitrogens is 1. The molecule has 4 nitrogen and oxygen atoms in total. The predicted octanol–water partition coefficient (Wildman–Crippen LogP) is 5.81. The van der Waals surface area contributed by atoms with E-state index in [9.17, 15) is 4.39 Å². The van der Waals surface area contributed by atoms with Gasteiger partial charge in [-0.3, -0.25) is 4.90 Å². The third-order valence-electron chi connectivity index (χ3n) is 7.35. The minimum absolute atomic E-state index is 0.169. The van der Waals surface area contributed by atoms with Crippen LogP contribution < -0.4 is 9.47 Å². The van der Waals surface area contributed by atoms with Crippen molar-refractivity contribution >= 4 is 10.9 Å². The SMILES string of the molecule is C#CC#CC#CC#CC#C.COc1cc2c(cc1OCc1ccccc1F)C1Cc3c([nH]c4ccccc34)CN1CC2. The van der Waals surface area contributed by atoms with Crippen molar-refractivity contribution in [3.63, 3.8) is 0 Å². The molecule has 204 valence electrons. The van der Waals surface area contributed by atoms with Gasteiger partial charge in [-0.2, -0.15) is 0 Å². The molecule has 0 radical (unpaired) electrons. The molecule has 0 fully saturated rings. The van der Waals surface area contributed by atoms with Gasteiger partial charge in [0.1, 0.15) is 12.4 Å². The Bertz CT molecular complexity index is 1870. The zero-order valence-corrected chi connectivity index (χ0v) is 23.2. The first-order valence-corrected chi connectivity index (χ1v) is 13.4. The number of aromatic amines is 1. The number of halogens is 1. The van der Waals surface area contributed by atoms with E-state index in [-0.39, 0.29) is 12.4 Å². The lowest BCUT2D eigenvalue weighted by atomic mass is 9.85. The van der Waals surface area contributed by atoms with E-state index in [2.05, 4.69) is 93.6 Å². The fourth-order valence-corrected chi connectivity index (χ4v) is 5.45. The molecule has 0 saturated carbocycles. The summed E-state index contributed by atoms with van der Waals surface area (Å²) in [5, 5.41) is 1.32. The molecule has 4 aromatic rings. The minimum atomic E-state index is -0.255. The number of ether oxygens (including phenoxy) is 2. The number of benzene rings is 3. The van der Waals surface area contributed by atoms with E-state index in [0.717, 1.165) is 25.9 Å². The van der Waals surface area contributed by atoms with Crippen LogP contribution in [0.4, 0.5) is 4.39 Å². The molecule has 3 heterocycles. The van der Waals surface area contributed by atoms with Crippen LogP contribution in [0.25, 0.3) is 10.9 Å². The summed E-state index contributed by atoms with van der Waals surface area (Å²) >= 11 is 0. The average molecular weight is 551 g/mol. The zero-order chi connectivity index (χ0) is 29.3. The summed E-state index contributed by atoms with van der Waals surface area (Å²) in [6.07, 6.45) is 11.6. The zero-order valence-electron chi connectivity index (χ0n) is 23.2. The Morgan fingerprint density at radius 2 is 1.64 bits per heavy atom. The Hall–Kier alpha value is -5.51. The largest absolute Gasteiger partial charge is 0.493 e. The Morgan fingerprint density at radius 1 is 0.929 bits per heavy atom. The van der Waals surface area contributed by atoms with Crippen LogP contribution in [0.15, 0.2) is 60.7 Å². The fourth-order valence-electron chi connectivity index (χ4n) is 5.45. The van der Waals surface area contributed by atoms with Crippen molar-refractivity contribution in [2.24, 2.45) is 0 Å². The van der Waals surface area contributed by atoms with Crippen LogP contribution in [-0.2, 0) is 26.0 Å². The molecule has 0 bridgehead atoms. The Balaban J connectivity index is 0.000000305. The molecule has 1 N–H and O–H groups in total. The fraction of sp³-hybridized carbons (Fsp3) is 0.189. The quantitative estimate of drug-likeness (QED) is 0.326. The van der Waals surface area contributed by atoms with Gasteiger partial charge in [0.15, 0.2) is 11.5 Å². The van der Waals surface area contributed by atoms with Crippen LogP contribution in [0.3, 0.4) is 0 Å². The molecule has 3 aromatic carbocycles. The molecule has 5 heteroatoms. The van der Waals surface area contributed by atoms with Gasteiger partial charge in [0.2, 0.25) is 0 Å². The number of nitrogens with one attached hydrogen (secondary N) is 1. The second-order valence-corrected chi connectivity index (χ2v) is 9.69. The summed E-state index contributed by atoms with van der Waals surface area (Å²) in [7, 11) is 1.66. The smallest absolute Gasteiger partial charge is 0.162 e. The summed E-state index contributed by atoms with van der Waals surface area (Å²) in [5.74, 6) is 19.5. The molecule has 42 heavy (non-hydrogen) atoms. The van der Waals surface area contributed by atoms with E-state index in [1.807, 2.05) is 6.07 Å². The van der Waals surface area contributed by atoms with Gasteiger partial charge in [0, 0.05) is 41.3 Å². The first-order chi connectivity index (χ1) is 20.6. The van der Waals surface area contributed by atoms with E-state index < -0.39 is 0 Å². The lowest BCUT2D eigenvalue weighted by Crippen LogP contribution is -2.39. The minimum Gasteiger partial charge on any atom is -0.493 e. The summed E-state index contributed by atoms with van der Waals surface area (Å²) < 4.78 is 25.8. The Morgan fingerprint density at radius 3 is 2.38 bits per heavy atom. The predicted molar refractivity (Wildman–Crippen MR) is 164 cm³/mol. The Kier molecular flexibility index (Phi) is 8.83. The van der Waals surface area contributed by atoms with Crippen molar-refractivity contribution in [2.75, 3.05) is 13.7 Å². The molecular weight excluding hydrogens is 523 g/mol. The van der Waals surface area contributed by atoms with Gasteiger partial charge in [-0.25, -0.2) is 4.39 Å². The summed E-state index contributed by atoms with van der Waals surface area (Å²) in [5.41, 5.74) is 7.09. The van der Waals surface area contributed by atoms with Crippen LogP contribution in [0, 0.1) is 66.0 Å². The number of H-pyrrole nitrogens is 1. The molecule has 0 spiro atoms. The number of nitrogens with zero attached hydrogens (tertiary/aromatic N) is 1. The third-order valence-corrected chi connectivity index (χ3v) is 7.35. The molecule has 6 rings (SSSR count). The van der Waals surface area contributed by atoms with E-state index >= 15 is 0 Å². The van der Waals surface area contributed by atoms with Crippen LogP contribution >= 0.6 is 0 Å². The van der Waals surface area contributed by atoms with Gasteiger partial charge in [-0.1, -0.05) is 36.4 Å². The number of para-hydroxylation sites is 1. The van der Waals surface area contributed by atoms with Gasteiger partial charge >= 0.3 is 0 Å². The summed E-state index contributed by atoms with van der Waals surface area (Å²) in [6.45, 7) is 2.11. The van der Waals surface area contributed by atoms with E-state index in [0.29, 0.717) is 23.1 Å².